The lowest BCUT2D eigenvalue weighted by atomic mass is 10.1. The molecule has 0 aliphatic heterocycles. The van der Waals surface area contributed by atoms with Gasteiger partial charge in [-0.25, -0.2) is 9.37 Å². The lowest BCUT2D eigenvalue weighted by Gasteiger charge is -2.07. The summed E-state index contributed by atoms with van der Waals surface area (Å²) in [4.78, 5) is 4.27. The van der Waals surface area contributed by atoms with E-state index in [9.17, 15) is 4.39 Å². The van der Waals surface area contributed by atoms with Gasteiger partial charge in [0.25, 0.3) is 0 Å². The molecule has 2 rings (SSSR count). The summed E-state index contributed by atoms with van der Waals surface area (Å²) in [6.45, 7) is 1.36. The van der Waals surface area contributed by atoms with Crippen molar-refractivity contribution in [2.45, 2.75) is 18.1 Å². The number of hydrogen-bond acceptors (Lipinski definition) is 3. The summed E-state index contributed by atoms with van der Waals surface area (Å²) < 4.78 is 15.5. The normalized spacial score (nSPS) is 10.8. The highest BCUT2D eigenvalue weighted by atomic mass is 32.2. The van der Waals surface area contributed by atoms with E-state index in [1.807, 2.05) is 22.9 Å². The minimum Gasteiger partial charge on any atom is -0.330 e. The maximum Gasteiger partial charge on any atom is 0.167 e. The molecule has 0 atom stereocenters. The van der Waals surface area contributed by atoms with Crippen LogP contribution in [0.3, 0.4) is 0 Å². The van der Waals surface area contributed by atoms with Crippen LogP contribution in [0.2, 0.25) is 0 Å². The van der Waals surface area contributed by atoms with Crippen molar-refractivity contribution in [3.63, 3.8) is 0 Å². The number of hydrogen-bond donors (Lipinski definition) is 1. The Labute approximate surface area is 110 Å². The monoisotopic (exact) mass is 265 g/mol. The van der Waals surface area contributed by atoms with Gasteiger partial charge in [0.15, 0.2) is 5.16 Å². The Kier molecular flexibility index (Phi) is 4.78. The number of thioether (sulfide) groups is 1. The molecule has 0 aliphatic carbocycles. The summed E-state index contributed by atoms with van der Waals surface area (Å²) >= 11 is 1.63. The van der Waals surface area contributed by atoms with Crippen LogP contribution in [0.15, 0.2) is 41.8 Å². The number of nitrogens with two attached hydrogens (primary N) is 1. The second-order valence-electron chi connectivity index (χ2n) is 3.88. The number of benzene rings is 1. The number of nitrogens with zero attached hydrogens (tertiary/aromatic N) is 2. The molecule has 2 N–H and O–H groups in total. The zero-order valence-corrected chi connectivity index (χ0v) is 10.9. The Bertz CT molecular complexity index is 498. The van der Waals surface area contributed by atoms with Gasteiger partial charge >= 0.3 is 0 Å². The molecule has 0 unspecified atom stereocenters. The predicted octanol–water partition coefficient (Wildman–Crippen LogP) is 2.32. The first-order chi connectivity index (χ1) is 8.81. The fourth-order valence-electron chi connectivity index (χ4n) is 1.70. The van der Waals surface area contributed by atoms with Gasteiger partial charge in [-0.2, -0.15) is 0 Å². The van der Waals surface area contributed by atoms with Crippen LogP contribution in [0.25, 0.3) is 0 Å². The van der Waals surface area contributed by atoms with Gasteiger partial charge in [-0.1, -0.05) is 30.0 Å². The van der Waals surface area contributed by atoms with Crippen molar-refractivity contribution in [1.82, 2.24) is 9.55 Å². The minimum atomic E-state index is -0.145. The molecular weight excluding hydrogens is 249 g/mol. The molecule has 1 aromatic carbocycles. The average Bonchev–Trinajstić information content (AvgIpc) is 2.83. The van der Waals surface area contributed by atoms with E-state index in [1.54, 1.807) is 24.0 Å². The van der Waals surface area contributed by atoms with Crippen LogP contribution in [0.4, 0.5) is 4.39 Å². The van der Waals surface area contributed by atoms with Crippen LogP contribution < -0.4 is 5.73 Å². The molecule has 0 aliphatic rings. The molecule has 0 fully saturated rings. The third-order valence-electron chi connectivity index (χ3n) is 2.61. The van der Waals surface area contributed by atoms with Crippen molar-refractivity contribution in [3.8, 4) is 0 Å². The molecule has 5 heteroatoms. The van der Waals surface area contributed by atoms with Gasteiger partial charge in [0.05, 0.1) is 0 Å². The average molecular weight is 265 g/mol. The fraction of sp³-hybridized carbons (Fsp3) is 0.308. The smallest absolute Gasteiger partial charge is 0.167 e. The second kappa shape index (κ2) is 6.56. The van der Waals surface area contributed by atoms with E-state index >= 15 is 0 Å². The molecule has 96 valence electrons. The summed E-state index contributed by atoms with van der Waals surface area (Å²) in [5.74, 6) is 0.699. The molecule has 0 saturated heterocycles. The van der Waals surface area contributed by atoms with E-state index in [0.717, 1.165) is 23.0 Å². The summed E-state index contributed by atoms with van der Waals surface area (Å²) in [5.41, 5.74) is 6.21. The molecule has 0 bridgehead atoms. The van der Waals surface area contributed by atoms with Gasteiger partial charge in [-0.15, -0.1) is 0 Å². The maximum atomic E-state index is 13.5. The first kappa shape index (κ1) is 13.1. The van der Waals surface area contributed by atoms with Crippen LogP contribution >= 0.6 is 11.8 Å². The Balaban J connectivity index is 1.98. The number of imidazole rings is 1. The summed E-state index contributed by atoms with van der Waals surface area (Å²) in [7, 11) is 0. The summed E-state index contributed by atoms with van der Waals surface area (Å²) in [6, 6.07) is 6.88. The van der Waals surface area contributed by atoms with Crippen molar-refractivity contribution in [1.29, 1.82) is 0 Å². The van der Waals surface area contributed by atoms with Crippen molar-refractivity contribution < 1.29 is 4.39 Å². The molecule has 1 heterocycles. The molecule has 0 spiro atoms. The second-order valence-corrected chi connectivity index (χ2v) is 4.94. The highest BCUT2D eigenvalue weighted by Gasteiger charge is 2.05. The Hall–Kier alpha value is -1.33. The zero-order valence-electron chi connectivity index (χ0n) is 10.1. The van der Waals surface area contributed by atoms with E-state index in [0.29, 0.717) is 13.0 Å². The summed E-state index contributed by atoms with van der Waals surface area (Å²) in [5, 5.41) is 0.941. The first-order valence-corrected chi connectivity index (χ1v) is 6.87. The molecule has 0 radical (unpaired) electrons. The van der Waals surface area contributed by atoms with Gasteiger partial charge < -0.3 is 10.3 Å². The molecule has 2 aromatic rings. The Morgan fingerprint density at radius 1 is 1.33 bits per heavy atom. The predicted molar refractivity (Wildman–Crippen MR) is 72.1 cm³/mol. The van der Waals surface area contributed by atoms with Crippen LogP contribution in [0, 0.1) is 5.82 Å². The van der Waals surface area contributed by atoms with E-state index in [2.05, 4.69) is 4.98 Å². The quantitative estimate of drug-likeness (QED) is 0.815. The van der Waals surface area contributed by atoms with Gasteiger partial charge in [-0.05, 0) is 18.1 Å². The molecule has 0 amide bonds. The van der Waals surface area contributed by atoms with Crippen LogP contribution in [0.5, 0.6) is 0 Å². The van der Waals surface area contributed by atoms with Crippen molar-refractivity contribution >= 4 is 11.8 Å². The van der Waals surface area contributed by atoms with E-state index in [4.69, 9.17) is 5.73 Å². The van der Waals surface area contributed by atoms with E-state index in [1.165, 1.54) is 6.07 Å². The van der Waals surface area contributed by atoms with Crippen LogP contribution in [-0.4, -0.2) is 21.8 Å². The van der Waals surface area contributed by atoms with Gasteiger partial charge in [0, 0.05) is 31.2 Å². The molecule has 18 heavy (non-hydrogen) atoms. The summed E-state index contributed by atoms with van der Waals surface area (Å²) in [6.07, 6.45) is 4.35. The maximum absolute atomic E-state index is 13.5. The number of rotatable bonds is 6. The van der Waals surface area contributed by atoms with E-state index < -0.39 is 0 Å². The molecular formula is C13H16FN3S. The highest BCUT2D eigenvalue weighted by molar-refractivity contribution is 7.99. The van der Waals surface area contributed by atoms with Crippen LogP contribution in [-0.2, 0) is 13.0 Å². The molecule has 3 nitrogen and oxygen atoms in total. The van der Waals surface area contributed by atoms with E-state index in [-0.39, 0.29) is 5.82 Å². The molecule has 0 saturated carbocycles. The first-order valence-electron chi connectivity index (χ1n) is 5.88. The fourth-order valence-corrected chi connectivity index (χ4v) is 2.45. The zero-order chi connectivity index (χ0) is 12.8. The Morgan fingerprint density at radius 2 is 2.17 bits per heavy atom. The van der Waals surface area contributed by atoms with Crippen molar-refractivity contribution in [2.75, 3.05) is 12.3 Å². The van der Waals surface area contributed by atoms with Gasteiger partial charge in [-0.3, -0.25) is 0 Å². The number of halogens is 1. The topological polar surface area (TPSA) is 43.8 Å². The molecule has 1 aromatic heterocycles. The minimum absolute atomic E-state index is 0.145. The largest absolute Gasteiger partial charge is 0.330 e. The third-order valence-corrected chi connectivity index (χ3v) is 3.64. The lowest BCUT2D eigenvalue weighted by molar-refractivity contribution is 0.580. The number of aryl methyl sites for hydroxylation is 2. The third kappa shape index (κ3) is 3.34. The van der Waals surface area contributed by atoms with Crippen LogP contribution in [0.1, 0.15) is 5.56 Å². The van der Waals surface area contributed by atoms with Crippen molar-refractivity contribution in [2.24, 2.45) is 5.73 Å². The highest BCUT2D eigenvalue weighted by Crippen LogP contribution is 2.16. The standard InChI is InChI=1S/C13H16FN3S/c14-12-4-2-1-3-11(12)5-8-17-9-7-16-13(17)18-10-6-15/h1-4,7,9H,5-6,8,10,15H2. The lowest BCUT2D eigenvalue weighted by Crippen LogP contribution is -2.06. The van der Waals surface area contributed by atoms with Gasteiger partial charge in [0.1, 0.15) is 5.82 Å². The Morgan fingerprint density at radius 3 is 2.94 bits per heavy atom. The SMILES string of the molecule is NCCSc1nccn1CCc1ccccc1F. The number of aromatic nitrogens is 2. The van der Waals surface area contributed by atoms with Crippen molar-refractivity contribution in [3.05, 3.63) is 48.0 Å². The van der Waals surface area contributed by atoms with Gasteiger partial charge in [0.2, 0.25) is 0 Å².